The predicted molar refractivity (Wildman–Crippen MR) is 144 cm³/mol. The molecule has 3 aliphatic rings. The summed E-state index contributed by atoms with van der Waals surface area (Å²) in [6, 6.07) is 9.64. The molecule has 4 nitrogen and oxygen atoms in total. The molecule has 0 amide bonds. The Morgan fingerprint density at radius 1 is 1.08 bits per heavy atom. The van der Waals surface area contributed by atoms with Crippen molar-refractivity contribution in [1.29, 1.82) is 0 Å². The van der Waals surface area contributed by atoms with Gasteiger partial charge in [-0.3, -0.25) is 9.80 Å². The van der Waals surface area contributed by atoms with Crippen molar-refractivity contribution >= 4 is 10.9 Å². The Bertz CT molecular complexity index is 1280. The van der Waals surface area contributed by atoms with Crippen LogP contribution in [0.15, 0.2) is 36.4 Å². The molecule has 0 radical (unpaired) electrons. The highest BCUT2D eigenvalue weighted by molar-refractivity contribution is 5.85. The summed E-state index contributed by atoms with van der Waals surface area (Å²) in [5, 5.41) is 1.05. The van der Waals surface area contributed by atoms with E-state index in [1.807, 2.05) is 36.1 Å². The second kappa shape index (κ2) is 9.91. The summed E-state index contributed by atoms with van der Waals surface area (Å²) in [5.74, 6) is -0.239. The Morgan fingerprint density at radius 3 is 2.45 bits per heavy atom. The van der Waals surface area contributed by atoms with Gasteiger partial charge in [0.2, 0.25) is 0 Å². The maximum absolute atomic E-state index is 15.8. The number of para-hydroxylation sites is 1. The fourth-order valence-electron chi connectivity index (χ4n) is 6.51. The maximum atomic E-state index is 15.8. The van der Waals surface area contributed by atoms with E-state index in [1.165, 1.54) is 51.7 Å². The number of likely N-dealkylation sites (tertiary alicyclic amines) is 1. The Hall–Kier alpha value is -2.51. The first kappa shape index (κ1) is 25.8. The third-order valence-corrected chi connectivity index (χ3v) is 8.71. The average Bonchev–Trinajstić information content (AvgIpc) is 3.15. The number of ether oxygens (including phenoxy) is 1. The molecule has 0 unspecified atom stereocenters. The fraction of sp³-hybridized carbons (Fsp3) is 0.548. The molecule has 6 rings (SSSR count). The molecule has 0 spiro atoms. The third kappa shape index (κ3) is 4.95. The van der Waals surface area contributed by atoms with Gasteiger partial charge in [-0.2, -0.15) is 0 Å². The van der Waals surface area contributed by atoms with E-state index in [4.69, 9.17) is 4.74 Å². The summed E-state index contributed by atoms with van der Waals surface area (Å²) in [7, 11) is 0. The van der Waals surface area contributed by atoms with Crippen LogP contribution in [0.4, 0.5) is 13.2 Å². The van der Waals surface area contributed by atoms with Crippen molar-refractivity contribution < 1.29 is 17.9 Å². The highest BCUT2D eigenvalue weighted by atomic mass is 19.1. The van der Waals surface area contributed by atoms with Crippen molar-refractivity contribution in [2.45, 2.75) is 76.7 Å². The smallest absolute Gasteiger partial charge is 0.135 e. The molecular formula is C31H38F3N3O. The summed E-state index contributed by atoms with van der Waals surface area (Å²) in [4.78, 5) is 7.66. The number of nitrogens with one attached hydrogen (secondary N) is 1. The van der Waals surface area contributed by atoms with Crippen LogP contribution < -0.4 is 4.74 Å². The van der Waals surface area contributed by atoms with Gasteiger partial charge in [0.25, 0.3) is 0 Å². The molecule has 1 saturated carbocycles. The second-order valence-electron chi connectivity index (χ2n) is 12.3. The maximum Gasteiger partial charge on any atom is 0.135 e. The topological polar surface area (TPSA) is 31.5 Å². The summed E-state index contributed by atoms with van der Waals surface area (Å²) >= 11 is 0. The van der Waals surface area contributed by atoms with Crippen LogP contribution in [0.5, 0.6) is 5.75 Å². The largest absolute Gasteiger partial charge is 0.488 e. The number of nitrogens with zero attached hydrogens (tertiary/aromatic N) is 2. The minimum Gasteiger partial charge on any atom is -0.488 e. The summed E-state index contributed by atoms with van der Waals surface area (Å²) in [6.07, 6.45) is 5.90. The van der Waals surface area contributed by atoms with Crippen LogP contribution in [0.25, 0.3) is 10.9 Å². The van der Waals surface area contributed by atoms with E-state index in [0.29, 0.717) is 6.42 Å². The number of fused-ring (bicyclic) bond motifs is 3. The van der Waals surface area contributed by atoms with E-state index in [1.54, 1.807) is 0 Å². The van der Waals surface area contributed by atoms with Crippen LogP contribution in [-0.4, -0.2) is 58.8 Å². The van der Waals surface area contributed by atoms with E-state index in [-0.39, 0.29) is 30.0 Å². The van der Waals surface area contributed by atoms with Gasteiger partial charge in [-0.25, -0.2) is 13.2 Å². The SMILES string of the molecule is C[C@@H]1Cc2c([nH]c3ccccc23)[C@@H](c2c(F)cc(OC3CN(CCC4CCC4)C3)cc2F)N1CC(C)(C)F. The highest BCUT2D eigenvalue weighted by Crippen LogP contribution is 2.44. The van der Waals surface area contributed by atoms with Crippen LogP contribution in [0.2, 0.25) is 0 Å². The number of aromatic nitrogens is 1. The lowest BCUT2D eigenvalue weighted by molar-refractivity contribution is 0.0138. The van der Waals surface area contributed by atoms with E-state index in [2.05, 4.69) is 9.88 Å². The monoisotopic (exact) mass is 525 g/mol. The van der Waals surface area contributed by atoms with Gasteiger partial charge < -0.3 is 9.72 Å². The minimum atomic E-state index is -1.53. The molecule has 3 heterocycles. The lowest BCUT2D eigenvalue weighted by atomic mass is 9.83. The van der Waals surface area contributed by atoms with E-state index < -0.39 is 23.3 Å². The molecule has 1 aliphatic carbocycles. The lowest BCUT2D eigenvalue weighted by Crippen LogP contribution is -2.54. The number of hydrogen-bond donors (Lipinski definition) is 1. The zero-order chi connectivity index (χ0) is 26.6. The van der Waals surface area contributed by atoms with Crippen LogP contribution in [-0.2, 0) is 6.42 Å². The van der Waals surface area contributed by atoms with Crippen LogP contribution in [0.3, 0.4) is 0 Å². The second-order valence-corrected chi connectivity index (χ2v) is 12.3. The van der Waals surface area contributed by atoms with Gasteiger partial charge in [0.15, 0.2) is 0 Å². The van der Waals surface area contributed by atoms with Crippen LogP contribution in [0, 0.1) is 17.6 Å². The Morgan fingerprint density at radius 2 is 1.79 bits per heavy atom. The van der Waals surface area contributed by atoms with Crippen LogP contribution in [0.1, 0.15) is 69.3 Å². The van der Waals surface area contributed by atoms with Gasteiger partial charge in [0.1, 0.15) is 29.2 Å². The number of rotatable bonds is 8. The van der Waals surface area contributed by atoms with E-state index in [9.17, 15) is 4.39 Å². The zero-order valence-electron chi connectivity index (χ0n) is 22.6. The molecular weight excluding hydrogens is 487 g/mol. The molecule has 7 heteroatoms. The lowest BCUT2D eigenvalue weighted by Gasteiger charge is -2.43. The minimum absolute atomic E-state index is 0.0557. The number of halogens is 3. The normalized spacial score (nSPS) is 23.3. The van der Waals surface area contributed by atoms with Gasteiger partial charge in [0, 0.05) is 60.0 Å². The van der Waals surface area contributed by atoms with Crippen LogP contribution >= 0.6 is 0 Å². The van der Waals surface area contributed by atoms with E-state index >= 15 is 8.78 Å². The average molecular weight is 526 g/mol. The Balaban J connectivity index is 1.27. The molecule has 1 saturated heterocycles. The predicted octanol–water partition coefficient (Wildman–Crippen LogP) is 6.78. The number of benzene rings is 2. The Labute approximate surface area is 223 Å². The first-order valence-electron chi connectivity index (χ1n) is 14.1. The van der Waals surface area contributed by atoms with Gasteiger partial charge in [0.05, 0.1) is 6.04 Å². The molecule has 1 N–H and O–H groups in total. The van der Waals surface area contributed by atoms with Crippen molar-refractivity contribution in [2.75, 3.05) is 26.2 Å². The molecule has 2 aliphatic heterocycles. The highest BCUT2D eigenvalue weighted by Gasteiger charge is 2.41. The number of aromatic amines is 1. The molecule has 2 atom stereocenters. The first-order chi connectivity index (χ1) is 18.2. The van der Waals surface area contributed by atoms with Crippen molar-refractivity contribution in [3.05, 3.63) is 64.9 Å². The fourth-order valence-corrected chi connectivity index (χ4v) is 6.51. The van der Waals surface area contributed by atoms with Crippen molar-refractivity contribution in [2.24, 2.45) is 5.92 Å². The quantitative estimate of drug-likeness (QED) is 0.352. The molecule has 0 bridgehead atoms. The number of hydrogen-bond acceptors (Lipinski definition) is 3. The van der Waals surface area contributed by atoms with Gasteiger partial charge in [-0.1, -0.05) is 37.5 Å². The van der Waals surface area contributed by atoms with Crippen molar-refractivity contribution in [1.82, 2.24) is 14.8 Å². The van der Waals surface area contributed by atoms with Crippen molar-refractivity contribution in [3.8, 4) is 5.75 Å². The molecule has 1 aromatic heterocycles. The van der Waals surface area contributed by atoms with Gasteiger partial charge >= 0.3 is 0 Å². The molecule has 2 fully saturated rings. The molecule has 204 valence electrons. The summed E-state index contributed by atoms with van der Waals surface area (Å²) < 4.78 is 52.6. The van der Waals surface area contributed by atoms with Gasteiger partial charge in [-0.15, -0.1) is 0 Å². The van der Waals surface area contributed by atoms with Gasteiger partial charge in [-0.05, 0) is 57.7 Å². The molecule has 2 aromatic carbocycles. The van der Waals surface area contributed by atoms with Crippen molar-refractivity contribution in [3.63, 3.8) is 0 Å². The zero-order valence-corrected chi connectivity index (χ0v) is 22.6. The Kier molecular flexibility index (Phi) is 6.71. The summed E-state index contributed by atoms with van der Waals surface area (Å²) in [6.45, 7) is 7.73. The summed E-state index contributed by atoms with van der Waals surface area (Å²) in [5.41, 5.74) is 1.11. The number of H-pyrrole nitrogens is 1. The van der Waals surface area contributed by atoms with E-state index in [0.717, 1.165) is 47.7 Å². The molecule has 38 heavy (non-hydrogen) atoms. The molecule has 3 aromatic rings. The first-order valence-corrected chi connectivity index (χ1v) is 14.1. The third-order valence-electron chi connectivity index (χ3n) is 8.71. The number of alkyl halides is 1. The standard InChI is InChI=1S/C31H38F3N3O/c1-19-13-24-23-9-4-5-10-27(23)35-29(24)30(37(19)18-31(2,3)34)28-25(32)14-21(15-26(28)33)38-22-16-36(17-22)12-11-20-7-6-8-20/h4-5,9-10,14-15,19-20,22,30,35H,6-8,11-13,16-18H2,1-3H3/t19-,30-/m1/s1.